The summed E-state index contributed by atoms with van der Waals surface area (Å²) in [6.45, 7) is 6.52. The summed E-state index contributed by atoms with van der Waals surface area (Å²) >= 11 is 0. The fourth-order valence-electron chi connectivity index (χ4n) is 2.44. The van der Waals surface area contributed by atoms with Gasteiger partial charge < -0.3 is 15.0 Å². The number of anilines is 1. The smallest absolute Gasteiger partial charge is 0.410 e. The average Bonchev–Trinajstić information content (AvgIpc) is 2.46. The minimum Gasteiger partial charge on any atom is -0.444 e. The van der Waals surface area contributed by atoms with Gasteiger partial charge >= 0.3 is 11.8 Å². The lowest BCUT2D eigenvalue weighted by atomic mass is 10.1. The summed E-state index contributed by atoms with van der Waals surface area (Å²) in [4.78, 5) is 28.4. The van der Waals surface area contributed by atoms with Crippen LogP contribution in [0.3, 0.4) is 0 Å². The predicted molar refractivity (Wildman–Crippen MR) is 85.3 cm³/mol. The number of ether oxygens (including phenoxy) is 1. The third-order valence-corrected chi connectivity index (χ3v) is 3.40. The molecule has 1 atom stereocenters. The van der Waals surface area contributed by atoms with E-state index in [1.165, 1.54) is 18.3 Å². The number of likely N-dealkylation sites (tertiary alicyclic amines) is 1. The van der Waals surface area contributed by atoms with Crippen LogP contribution in [0.1, 0.15) is 33.6 Å². The Morgan fingerprint density at radius 2 is 2.26 bits per heavy atom. The van der Waals surface area contributed by atoms with E-state index < -0.39 is 10.5 Å². The third-order valence-electron chi connectivity index (χ3n) is 3.40. The van der Waals surface area contributed by atoms with Crippen LogP contribution in [0, 0.1) is 10.1 Å². The first-order chi connectivity index (χ1) is 10.8. The van der Waals surface area contributed by atoms with Gasteiger partial charge in [-0.15, -0.1) is 0 Å². The van der Waals surface area contributed by atoms with Crippen molar-refractivity contribution in [2.45, 2.75) is 45.3 Å². The Bertz CT molecular complexity index is 585. The van der Waals surface area contributed by atoms with Crippen molar-refractivity contribution in [1.82, 2.24) is 9.88 Å². The van der Waals surface area contributed by atoms with Gasteiger partial charge in [-0.1, -0.05) is 0 Å². The lowest BCUT2D eigenvalue weighted by molar-refractivity contribution is -0.384. The molecule has 0 unspecified atom stereocenters. The molecular formula is C15H22N4O4. The predicted octanol–water partition coefficient (Wildman–Crippen LogP) is 2.80. The lowest BCUT2D eigenvalue weighted by Gasteiger charge is -2.34. The second-order valence-corrected chi connectivity index (χ2v) is 6.54. The number of pyridine rings is 1. The first-order valence-corrected chi connectivity index (χ1v) is 7.60. The van der Waals surface area contributed by atoms with Gasteiger partial charge in [0.15, 0.2) is 0 Å². The number of rotatable bonds is 3. The number of carbonyl (C=O) groups excluding carboxylic acids is 1. The summed E-state index contributed by atoms with van der Waals surface area (Å²) in [6, 6.07) is 2.84. The van der Waals surface area contributed by atoms with Gasteiger partial charge in [-0.25, -0.2) is 9.78 Å². The minimum absolute atomic E-state index is 0.0677. The van der Waals surface area contributed by atoms with E-state index in [0.29, 0.717) is 13.1 Å². The Balaban J connectivity index is 2.02. The molecule has 1 aromatic rings. The maximum atomic E-state index is 12.1. The largest absolute Gasteiger partial charge is 0.444 e. The molecule has 0 aliphatic carbocycles. The number of hydrogen-bond donors (Lipinski definition) is 1. The number of hydrogen-bond acceptors (Lipinski definition) is 6. The molecule has 1 aliphatic heterocycles. The normalized spacial score (nSPS) is 18.4. The molecule has 0 saturated carbocycles. The third kappa shape index (κ3) is 4.80. The molecule has 1 N–H and O–H groups in total. The topological polar surface area (TPSA) is 97.6 Å². The average molecular weight is 322 g/mol. The van der Waals surface area contributed by atoms with Crippen molar-refractivity contribution in [3.8, 4) is 0 Å². The summed E-state index contributed by atoms with van der Waals surface area (Å²) < 4.78 is 5.37. The number of amides is 1. The molecule has 1 aliphatic rings. The van der Waals surface area contributed by atoms with E-state index in [0.717, 1.165) is 12.8 Å². The van der Waals surface area contributed by atoms with Crippen LogP contribution >= 0.6 is 0 Å². The monoisotopic (exact) mass is 322 g/mol. The number of nitrogens with zero attached hydrogens (tertiary/aromatic N) is 3. The minimum atomic E-state index is -0.544. The van der Waals surface area contributed by atoms with Crippen LogP contribution in [0.5, 0.6) is 0 Å². The molecule has 1 aromatic heterocycles. The zero-order valence-corrected chi connectivity index (χ0v) is 13.6. The summed E-state index contributed by atoms with van der Waals surface area (Å²) in [5.74, 6) is 0.230. The van der Waals surface area contributed by atoms with Crippen molar-refractivity contribution in [2.75, 3.05) is 18.4 Å². The van der Waals surface area contributed by atoms with Gasteiger partial charge in [-0.05, 0) is 39.7 Å². The molecule has 2 rings (SSSR count). The molecule has 8 heteroatoms. The van der Waals surface area contributed by atoms with Crippen LogP contribution < -0.4 is 5.32 Å². The number of aromatic nitrogens is 1. The van der Waals surface area contributed by atoms with Gasteiger partial charge in [0.2, 0.25) is 5.82 Å². The fourth-order valence-corrected chi connectivity index (χ4v) is 2.44. The molecule has 0 aromatic carbocycles. The Morgan fingerprint density at radius 1 is 1.52 bits per heavy atom. The second kappa shape index (κ2) is 6.80. The van der Waals surface area contributed by atoms with Gasteiger partial charge in [0, 0.05) is 31.4 Å². The van der Waals surface area contributed by atoms with Crippen LogP contribution in [-0.2, 0) is 4.74 Å². The van der Waals surface area contributed by atoms with Crippen LogP contribution in [0.15, 0.2) is 18.3 Å². The van der Waals surface area contributed by atoms with Crippen molar-refractivity contribution >= 4 is 17.6 Å². The molecule has 0 bridgehead atoms. The highest BCUT2D eigenvalue weighted by Crippen LogP contribution is 2.24. The van der Waals surface area contributed by atoms with Crippen molar-refractivity contribution < 1.29 is 14.5 Å². The first kappa shape index (κ1) is 17.0. The van der Waals surface area contributed by atoms with Crippen LogP contribution in [-0.4, -0.2) is 45.6 Å². The van der Waals surface area contributed by atoms with Crippen LogP contribution in [0.2, 0.25) is 0 Å². The number of piperidine rings is 1. The molecule has 1 amide bonds. The molecular weight excluding hydrogens is 300 g/mol. The Morgan fingerprint density at radius 3 is 2.91 bits per heavy atom. The Hall–Kier alpha value is -2.38. The van der Waals surface area contributed by atoms with Gasteiger partial charge in [0.05, 0.1) is 4.92 Å². The number of carbonyl (C=O) groups is 1. The highest BCUT2D eigenvalue weighted by molar-refractivity contribution is 5.68. The van der Waals surface area contributed by atoms with Crippen molar-refractivity contribution in [3.05, 3.63) is 28.4 Å². The summed E-state index contributed by atoms with van der Waals surface area (Å²) in [7, 11) is 0. The quantitative estimate of drug-likeness (QED) is 0.679. The maximum Gasteiger partial charge on any atom is 0.410 e. The summed E-state index contributed by atoms with van der Waals surface area (Å²) in [5.41, 5.74) is -0.612. The van der Waals surface area contributed by atoms with E-state index in [2.05, 4.69) is 10.3 Å². The lowest BCUT2D eigenvalue weighted by Crippen LogP contribution is -2.47. The van der Waals surface area contributed by atoms with Gasteiger partial charge in [0.25, 0.3) is 0 Å². The number of nitrogens with one attached hydrogen (secondary N) is 1. The number of nitro groups is 1. The van der Waals surface area contributed by atoms with E-state index in [1.807, 2.05) is 20.8 Å². The van der Waals surface area contributed by atoms with E-state index >= 15 is 0 Å². The molecule has 0 radical (unpaired) electrons. The Kier molecular flexibility index (Phi) is 5.02. The second-order valence-electron chi connectivity index (χ2n) is 6.54. The zero-order valence-electron chi connectivity index (χ0n) is 13.6. The zero-order chi connectivity index (χ0) is 17.0. The molecule has 1 fully saturated rings. The van der Waals surface area contributed by atoms with E-state index in [-0.39, 0.29) is 23.6 Å². The SMILES string of the molecule is CC(C)(C)OC(=O)N1CCC[C@H](Nc2ncccc2[N+](=O)[O-])C1. The highest BCUT2D eigenvalue weighted by atomic mass is 16.6. The van der Waals surface area contributed by atoms with Gasteiger partial charge in [0.1, 0.15) is 5.60 Å². The molecule has 2 heterocycles. The standard InChI is InChI=1S/C15H22N4O4/c1-15(2,3)23-14(20)18-9-5-6-11(10-18)17-13-12(19(21)22)7-4-8-16-13/h4,7-8,11H,5-6,9-10H2,1-3H3,(H,16,17)/t11-/m0/s1. The fraction of sp³-hybridized carbons (Fsp3) is 0.600. The van der Waals surface area contributed by atoms with Crippen molar-refractivity contribution in [2.24, 2.45) is 0 Å². The first-order valence-electron chi connectivity index (χ1n) is 7.60. The van der Waals surface area contributed by atoms with Crippen LogP contribution in [0.4, 0.5) is 16.3 Å². The molecule has 1 saturated heterocycles. The molecule has 8 nitrogen and oxygen atoms in total. The molecule has 0 spiro atoms. The maximum absolute atomic E-state index is 12.1. The van der Waals surface area contributed by atoms with Crippen LogP contribution in [0.25, 0.3) is 0 Å². The Labute approximate surface area is 135 Å². The van der Waals surface area contributed by atoms with E-state index in [4.69, 9.17) is 4.74 Å². The molecule has 126 valence electrons. The summed E-state index contributed by atoms with van der Waals surface area (Å²) in [5, 5.41) is 14.1. The van der Waals surface area contributed by atoms with E-state index in [1.54, 1.807) is 4.90 Å². The van der Waals surface area contributed by atoms with Gasteiger partial charge in [-0.2, -0.15) is 0 Å². The molecule has 23 heavy (non-hydrogen) atoms. The summed E-state index contributed by atoms with van der Waals surface area (Å²) in [6.07, 6.45) is 2.76. The highest BCUT2D eigenvalue weighted by Gasteiger charge is 2.28. The van der Waals surface area contributed by atoms with Crippen molar-refractivity contribution in [1.29, 1.82) is 0 Å². The van der Waals surface area contributed by atoms with Crippen molar-refractivity contribution in [3.63, 3.8) is 0 Å². The van der Waals surface area contributed by atoms with Gasteiger partial charge in [-0.3, -0.25) is 10.1 Å². The van der Waals surface area contributed by atoms with E-state index in [9.17, 15) is 14.9 Å².